The van der Waals surface area contributed by atoms with Gasteiger partial charge in [0.15, 0.2) is 0 Å². The summed E-state index contributed by atoms with van der Waals surface area (Å²) in [5.41, 5.74) is 2.80. The van der Waals surface area contributed by atoms with Crippen LogP contribution in [0.3, 0.4) is 0 Å². The third-order valence-electron chi connectivity index (χ3n) is 2.65. The second-order valence-corrected chi connectivity index (χ2v) is 3.55. The van der Waals surface area contributed by atoms with Crippen LogP contribution in [0.25, 0.3) is 12.3 Å². The van der Waals surface area contributed by atoms with E-state index in [0.29, 0.717) is 6.42 Å². The normalized spacial score (nSPS) is 15.5. The highest BCUT2D eigenvalue weighted by atomic mass is 14.8. The average molecular weight is 193 g/mol. The highest BCUT2D eigenvalue weighted by Gasteiger charge is 2.09. The molecule has 0 N–H and O–H groups in total. The van der Waals surface area contributed by atoms with Gasteiger partial charge in [-0.2, -0.15) is 5.26 Å². The molecule has 15 heavy (non-hydrogen) atoms. The molecule has 3 nitrogen and oxygen atoms in total. The molecule has 0 fully saturated rings. The number of allylic oxidation sites excluding steroid dienone is 2. The van der Waals surface area contributed by atoms with Crippen molar-refractivity contribution in [1.82, 2.24) is 4.98 Å². The Morgan fingerprint density at radius 1 is 1.27 bits per heavy atom. The lowest BCUT2D eigenvalue weighted by Gasteiger charge is -2.06. The lowest BCUT2D eigenvalue weighted by Crippen LogP contribution is -2.33. The first-order chi connectivity index (χ1) is 7.38. The van der Waals surface area contributed by atoms with Gasteiger partial charge < -0.3 is 0 Å². The Morgan fingerprint density at radius 2 is 2.20 bits per heavy atom. The maximum atomic E-state index is 8.82. The first-order valence-electron chi connectivity index (χ1n) is 4.71. The predicted octanol–water partition coefficient (Wildman–Crippen LogP) is 0.0387. The summed E-state index contributed by atoms with van der Waals surface area (Å²) in [7, 11) is 0. The maximum absolute atomic E-state index is 8.82. The van der Waals surface area contributed by atoms with Gasteiger partial charge in [0.25, 0.3) is 0 Å². The lowest BCUT2D eigenvalue weighted by atomic mass is 9.99. The monoisotopic (exact) mass is 193 g/mol. The number of pyridine rings is 1. The minimum absolute atomic E-state index is 0.677. The number of hydrogen-bond acceptors (Lipinski definition) is 3. The molecule has 3 heteroatoms. The third-order valence-corrected chi connectivity index (χ3v) is 2.65. The van der Waals surface area contributed by atoms with E-state index in [2.05, 4.69) is 16.0 Å². The largest absolute Gasteiger partial charge is 0.262 e. The lowest BCUT2D eigenvalue weighted by molar-refractivity contribution is 1.10. The van der Waals surface area contributed by atoms with Gasteiger partial charge in [-0.15, -0.1) is 0 Å². The summed E-state index contributed by atoms with van der Waals surface area (Å²) in [6, 6.07) is 2.17. The van der Waals surface area contributed by atoms with Crippen molar-refractivity contribution in [3.05, 3.63) is 39.5 Å². The number of rotatable bonds is 0. The molecule has 1 aliphatic heterocycles. The molecule has 1 aromatic rings. The zero-order valence-corrected chi connectivity index (χ0v) is 7.94. The van der Waals surface area contributed by atoms with Gasteiger partial charge >= 0.3 is 0 Å². The second kappa shape index (κ2) is 2.89. The van der Waals surface area contributed by atoms with Crippen LogP contribution >= 0.6 is 0 Å². The van der Waals surface area contributed by atoms with Crippen LogP contribution in [-0.2, 0) is 6.42 Å². The van der Waals surface area contributed by atoms with E-state index in [1.165, 1.54) is 0 Å². The van der Waals surface area contributed by atoms with E-state index in [9.17, 15) is 0 Å². The molecule has 2 heterocycles. The summed E-state index contributed by atoms with van der Waals surface area (Å²) >= 11 is 0. The van der Waals surface area contributed by atoms with Crippen LogP contribution in [0.2, 0.25) is 0 Å². The molecule has 70 valence electrons. The van der Waals surface area contributed by atoms with Gasteiger partial charge in [0.1, 0.15) is 0 Å². The summed E-state index contributed by atoms with van der Waals surface area (Å²) in [6.45, 7) is 0. The topological polar surface area (TPSA) is 49.0 Å². The minimum Gasteiger partial charge on any atom is -0.262 e. The smallest absolute Gasteiger partial charge is 0.0950 e. The van der Waals surface area contributed by atoms with E-state index in [1.807, 2.05) is 24.5 Å². The van der Waals surface area contributed by atoms with Crippen molar-refractivity contribution in [2.24, 2.45) is 4.99 Å². The molecule has 0 radical (unpaired) electrons. The van der Waals surface area contributed by atoms with Gasteiger partial charge in [0, 0.05) is 29.6 Å². The molecule has 0 spiro atoms. The van der Waals surface area contributed by atoms with Crippen molar-refractivity contribution in [1.29, 1.82) is 5.26 Å². The predicted molar refractivity (Wildman–Crippen MR) is 57.4 cm³/mol. The molecule has 0 saturated heterocycles. The second-order valence-electron chi connectivity index (χ2n) is 3.55. The van der Waals surface area contributed by atoms with Gasteiger partial charge in [-0.05, 0) is 16.9 Å². The van der Waals surface area contributed by atoms with E-state index >= 15 is 0 Å². The summed E-state index contributed by atoms with van der Waals surface area (Å²) in [5, 5.41) is 11.0. The SMILES string of the molecule is N#CC1=CC=c2c(cnc3c2=CN=C3)C1. The van der Waals surface area contributed by atoms with Crippen LogP contribution in [0.5, 0.6) is 0 Å². The van der Waals surface area contributed by atoms with Crippen molar-refractivity contribution < 1.29 is 0 Å². The number of fused-ring (bicyclic) bond motifs is 3. The first-order valence-corrected chi connectivity index (χ1v) is 4.71. The Hall–Kier alpha value is -2.21. The number of hydrogen-bond donors (Lipinski definition) is 0. The first kappa shape index (κ1) is 8.13. The van der Waals surface area contributed by atoms with Crippen LogP contribution in [0.4, 0.5) is 0 Å². The Kier molecular flexibility index (Phi) is 1.57. The Labute approximate surface area is 86.4 Å². The summed E-state index contributed by atoms with van der Waals surface area (Å²) in [6.07, 6.45) is 9.93. The van der Waals surface area contributed by atoms with Gasteiger partial charge in [0.05, 0.1) is 18.0 Å². The van der Waals surface area contributed by atoms with Gasteiger partial charge in [-0.1, -0.05) is 6.08 Å². The van der Waals surface area contributed by atoms with Crippen molar-refractivity contribution in [3.63, 3.8) is 0 Å². The van der Waals surface area contributed by atoms with Crippen molar-refractivity contribution in [3.8, 4) is 6.07 Å². The molecule has 0 aromatic carbocycles. The standard InChI is InChI=1S/C12H7N3/c13-4-8-1-2-10-9(3-8)5-15-12-7-14-6-11(10)12/h1-2,5-7H,3H2. The van der Waals surface area contributed by atoms with E-state index in [1.54, 1.807) is 6.21 Å². The number of aromatic nitrogens is 1. The fourth-order valence-corrected chi connectivity index (χ4v) is 1.88. The van der Waals surface area contributed by atoms with Crippen molar-refractivity contribution in [2.45, 2.75) is 6.42 Å². The van der Waals surface area contributed by atoms with E-state index < -0.39 is 0 Å². The van der Waals surface area contributed by atoms with Crippen LogP contribution in [-0.4, -0.2) is 11.2 Å². The molecule has 1 aliphatic carbocycles. The third kappa shape index (κ3) is 1.12. The van der Waals surface area contributed by atoms with E-state index in [0.717, 1.165) is 27.3 Å². The van der Waals surface area contributed by atoms with Crippen molar-refractivity contribution >= 4 is 18.5 Å². The fraction of sp³-hybridized carbons (Fsp3) is 0.0833. The average Bonchev–Trinajstić information content (AvgIpc) is 2.76. The summed E-state index contributed by atoms with van der Waals surface area (Å²) in [4.78, 5) is 8.38. The number of nitrogens with zero attached hydrogens (tertiary/aromatic N) is 3. The van der Waals surface area contributed by atoms with E-state index in [-0.39, 0.29) is 0 Å². The Bertz CT molecular complexity index is 657. The van der Waals surface area contributed by atoms with Crippen LogP contribution in [0.1, 0.15) is 11.3 Å². The number of nitriles is 1. The molecule has 3 rings (SSSR count). The minimum atomic E-state index is 0.677. The summed E-state index contributed by atoms with van der Waals surface area (Å²) in [5.74, 6) is 0. The molecule has 0 atom stereocenters. The molecule has 2 aliphatic rings. The Balaban J connectivity index is 2.36. The number of aliphatic imine (C=N–C) groups is 1. The molecular formula is C12H7N3. The highest BCUT2D eigenvalue weighted by molar-refractivity contribution is 5.83. The van der Waals surface area contributed by atoms with Crippen LogP contribution < -0.4 is 10.4 Å². The quantitative estimate of drug-likeness (QED) is 0.584. The van der Waals surface area contributed by atoms with Crippen molar-refractivity contribution in [2.75, 3.05) is 0 Å². The Morgan fingerprint density at radius 3 is 3.07 bits per heavy atom. The van der Waals surface area contributed by atoms with Gasteiger partial charge in [-0.3, -0.25) is 9.98 Å². The molecule has 0 bridgehead atoms. The van der Waals surface area contributed by atoms with E-state index in [4.69, 9.17) is 5.26 Å². The molecule has 0 amide bonds. The maximum Gasteiger partial charge on any atom is 0.0950 e. The van der Waals surface area contributed by atoms with Gasteiger partial charge in [0.2, 0.25) is 0 Å². The van der Waals surface area contributed by atoms with Crippen LogP contribution in [0.15, 0.2) is 22.8 Å². The highest BCUT2D eigenvalue weighted by Crippen LogP contribution is 2.06. The van der Waals surface area contributed by atoms with Gasteiger partial charge in [-0.25, -0.2) is 0 Å². The molecule has 0 saturated carbocycles. The zero-order valence-electron chi connectivity index (χ0n) is 7.94. The summed E-state index contributed by atoms with van der Waals surface area (Å²) < 4.78 is 0. The molecule has 1 aromatic heterocycles. The molecular weight excluding hydrogens is 186 g/mol. The zero-order chi connectivity index (χ0) is 10.3. The van der Waals surface area contributed by atoms with Crippen LogP contribution in [0, 0.1) is 11.3 Å². The fourth-order valence-electron chi connectivity index (χ4n) is 1.88. The molecule has 0 unspecified atom stereocenters.